The number of aryl methyl sites for hydroxylation is 2. The van der Waals surface area contributed by atoms with Crippen molar-refractivity contribution in [2.24, 2.45) is 0 Å². The first-order valence-electron chi connectivity index (χ1n) is 20.5. The number of nitrogens with one attached hydrogen (secondary N) is 2. The summed E-state index contributed by atoms with van der Waals surface area (Å²) in [5, 5.41) is 19.1. The number of hydrogen-bond acceptors (Lipinski definition) is 5. The molecule has 0 radical (unpaired) electrons. The largest absolute Gasteiger partial charge is 1.00 e. The second kappa shape index (κ2) is 24.2. The van der Waals surface area contributed by atoms with Gasteiger partial charge in [0.05, 0.1) is 4.75 Å². The van der Waals surface area contributed by atoms with Crippen LogP contribution >= 0.6 is 23.4 Å². The van der Waals surface area contributed by atoms with Gasteiger partial charge in [0.25, 0.3) is 0 Å². The number of hydrogen-bond donors (Lipinski definition) is 3. The molecular weight excluding hydrogens is 861 g/mol. The molecule has 59 heavy (non-hydrogen) atoms. The van der Waals surface area contributed by atoms with Gasteiger partial charge in [0, 0.05) is 46.7 Å². The number of benzene rings is 5. The molecule has 9 heteroatoms. The SMILES string of the molecule is CCn1c2c(c3ccccc31)CCSC2(C)CCN(C)C.CNCc1ccccc1C(O)c1ccc(Cl)cc1.CN[C@@H]1CC[C@@H](c2ccccc2)c2ccccc21.[Cl-].[Rb+]. The van der Waals surface area contributed by atoms with Crippen LogP contribution in [0.4, 0.5) is 0 Å². The molecular formula is C50H61Cl2N4ORbS. The van der Waals surface area contributed by atoms with Gasteiger partial charge >= 0.3 is 58.2 Å². The van der Waals surface area contributed by atoms with Crippen molar-refractivity contribution in [3.8, 4) is 0 Å². The van der Waals surface area contributed by atoms with E-state index in [9.17, 15) is 5.11 Å². The molecule has 0 fully saturated rings. The second-order valence-electron chi connectivity index (χ2n) is 15.7. The molecule has 2 unspecified atom stereocenters. The second-order valence-corrected chi connectivity index (χ2v) is 17.7. The van der Waals surface area contributed by atoms with E-state index in [4.69, 9.17) is 11.6 Å². The molecule has 1 aliphatic heterocycles. The van der Waals surface area contributed by atoms with Gasteiger partial charge in [-0.1, -0.05) is 121 Å². The number of halogens is 2. The van der Waals surface area contributed by atoms with Crippen molar-refractivity contribution in [3.05, 3.63) is 177 Å². The Morgan fingerprint density at radius 1 is 0.847 bits per heavy atom. The van der Waals surface area contributed by atoms with Crippen LogP contribution in [0, 0.1) is 0 Å². The summed E-state index contributed by atoms with van der Waals surface area (Å²) in [6.45, 7) is 7.67. The van der Waals surface area contributed by atoms with E-state index in [2.05, 4.69) is 146 Å². The van der Waals surface area contributed by atoms with Crippen molar-refractivity contribution in [2.45, 2.75) is 75.4 Å². The number of aliphatic hydroxyl groups is 1. The van der Waals surface area contributed by atoms with E-state index >= 15 is 0 Å². The summed E-state index contributed by atoms with van der Waals surface area (Å²) in [4.78, 5) is 2.30. The average Bonchev–Trinajstić information content (AvgIpc) is 3.59. The predicted molar refractivity (Wildman–Crippen MR) is 245 cm³/mol. The van der Waals surface area contributed by atoms with Gasteiger partial charge < -0.3 is 37.6 Å². The third kappa shape index (κ3) is 12.2. The van der Waals surface area contributed by atoms with Gasteiger partial charge in [0.2, 0.25) is 0 Å². The van der Waals surface area contributed by atoms with E-state index in [1.807, 2.05) is 43.4 Å². The minimum Gasteiger partial charge on any atom is -1.00 e. The predicted octanol–water partition coefficient (Wildman–Crippen LogP) is 5.14. The van der Waals surface area contributed by atoms with Crippen LogP contribution in [0.25, 0.3) is 10.9 Å². The smallest absolute Gasteiger partial charge is 1.00 e. The molecule has 5 nitrogen and oxygen atoms in total. The van der Waals surface area contributed by atoms with Gasteiger partial charge in [-0.3, -0.25) is 0 Å². The molecule has 2 heterocycles. The maximum absolute atomic E-state index is 10.4. The first-order chi connectivity index (χ1) is 27.7. The molecule has 6 aromatic rings. The minimum absolute atomic E-state index is 0. The zero-order valence-electron chi connectivity index (χ0n) is 36.0. The Bertz CT molecular complexity index is 2150. The molecule has 3 N–H and O–H groups in total. The number of rotatable bonds is 10. The van der Waals surface area contributed by atoms with Crippen LogP contribution in [0.3, 0.4) is 0 Å². The first kappa shape index (κ1) is 49.9. The van der Waals surface area contributed by atoms with Crippen molar-refractivity contribution in [1.29, 1.82) is 0 Å². The van der Waals surface area contributed by atoms with E-state index in [1.54, 1.807) is 23.4 Å². The molecule has 0 saturated carbocycles. The number of nitrogens with zero attached hydrogens (tertiary/aromatic N) is 2. The van der Waals surface area contributed by atoms with Gasteiger partial charge in [0.1, 0.15) is 6.10 Å². The van der Waals surface area contributed by atoms with Crippen LogP contribution in [-0.4, -0.2) is 55.1 Å². The fourth-order valence-electron chi connectivity index (χ4n) is 8.73. The summed E-state index contributed by atoms with van der Waals surface area (Å²) in [5.41, 5.74) is 11.9. The van der Waals surface area contributed by atoms with Crippen LogP contribution in [0.5, 0.6) is 0 Å². The molecule has 5 aromatic carbocycles. The fourth-order valence-corrected chi connectivity index (χ4v) is 10.2. The molecule has 0 saturated heterocycles. The summed E-state index contributed by atoms with van der Waals surface area (Å²) in [7, 11) is 8.30. The third-order valence-electron chi connectivity index (χ3n) is 11.6. The zero-order valence-corrected chi connectivity index (χ0v) is 43.3. The standard InChI is InChI=1S/C18H26N2S.C17H19N.C15H16ClNO.ClH.Rb/c1-5-20-16-9-7-6-8-14(16)15-10-13-21-18(2,17(15)20)11-12-19(3)4;1-18-17-12-11-14(13-7-3-2-4-8-13)15-9-5-6-10-16(15)17;1-17-10-12-4-2-3-5-14(12)15(18)11-6-8-13(16)9-7-11;;/h6-9H,5,10-13H2,1-4H3;2-10,14,17-18H,11-12H2,1H3;2-9,15,17-18H,10H2,1H3;1H;/q;;;;+1/p-1/t;14-,17+;;;/m.0.../s1. The Balaban J connectivity index is 0.000000193. The third-order valence-corrected chi connectivity index (χ3v) is 13.3. The maximum atomic E-state index is 10.4. The number of thioether (sulfide) groups is 1. The van der Waals surface area contributed by atoms with Crippen molar-refractivity contribution in [1.82, 2.24) is 20.1 Å². The molecule has 8 rings (SSSR count). The van der Waals surface area contributed by atoms with E-state index in [0.29, 0.717) is 17.0 Å². The maximum Gasteiger partial charge on any atom is 1.00 e. The molecule has 2 aliphatic rings. The Kier molecular flexibility index (Phi) is 20.4. The summed E-state index contributed by atoms with van der Waals surface area (Å²) < 4.78 is 2.80. The first-order valence-corrected chi connectivity index (χ1v) is 21.9. The molecule has 0 spiro atoms. The number of fused-ring (bicyclic) bond motifs is 4. The molecule has 1 aliphatic carbocycles. The summed E-state index contributed by atoms with van der Waals surface area (Å²) in [6.07, 6.45) is 4.25. The molecule has 308 valence electrons. The molecule has 4 atom stereocenters. The van der Waals surface area contributed by atoms with Gasteiger partial charge in [-0.15, -0.1) is 11.8 Å². The van der Waals surface area contributed by atoms with Crippen molar-refractivity contribution in [3.63, 3.8) is 0 Å². The zero-order chi connectivity index (χ0) is 40.4. The fraction of sp³-hybridized carbons (Fsp3) is 0.360. The summed E-state index contributed by atoms with van der Waals surface area (Å²) in [6, 6.07) is 44.4. The molecule has 1 aromatic heterocycles. The summed E-state index contributed by atoms with van der Waals surface area (Å²) >= 11 is 8.00. The van der Waals surface area contributed by atoms with Gasteiger partial charge in [-0.05, 0) is 137 Å². The topological polar surface area (TPSA) is 52.5 Å². The summed E-state index contributed by atoms with van der Waals surface area (Å²) in [5.74, 6) is 1.81. The minimum atomic E-state index is -0.619. The Morgan fingerprint density at radius 2 is 1.49 bits per heavy atom. The van der Waals surface area contributed by atoms with E-state index in [1.165, 1.54) is 59.0 Å². The van der Waals surface area contributed by atoms with E-state index < -0.39 is 6.10 Å². The van der Waals surface area contributed by atoms with Crippen molar-refractivity contribution < 1.29 is 75.7 Å². The number of para-hydroxylation sites is 1. The van der Waals surface area contributed by atoms with E-state index in [-0.39, 0.29) is 75.3 Å². The van der Waals surface area contributed by atoms with Crippen LogP contribution < -0.4 is 81.2 Å². The number of aliphatic hydroxyl groups excluding tert-OH is 1. The quantitative estimate of drug-likeness (QED) is 0.178. The van der Waals surface area contributed by atoms with Crippen LogP contribution in [-0.2, 0) is 24.3 Å². The van der Waals surface area contributed by atoms with Crippen LogP contribution in [0.2, 0.25) is 5.02 Å². The van der Waals surface area contributed by atoms with Gasteiger partial charge in [-0.25, -0.2) is 0 Å². The molecule has 0 bridgehead atoms. The van der Waals surface area contributed by atoms with Crippen molar-refractivity contribution >= 4 is 34.3 Å². The van der Waals surface area contributed by atoms with Crippen LogP contribution in [0.1, 0.15) is 95.8 Å². The Labute approximate surface area is 418 Å². The Morgan fingerprint density at radius 3 is 2.17 bits per heavy atom. The normalized spacial score (nSPS) is 18.5. The molecule has 0 amide bonds. The number of aromatic nitrogens is 1. The average molecular weight is 923 g/mol. The monoisotopic (exact) mass is 920 g/mol. The van der Waals surface area contributed by atoms with Gasteiger partial charge in [-0.2, -0.15) is 0 Å². The van der Waals surface area contributed by atoms with Crippen molar-refractivity contribution in [2.75, 3.05) is 40.5 Å². The van der Waals surface area contributed by atoms with Crippen LogP contribution in [0.15, 0.2) is 127 Å². The Hall–Kier alpha value is -1.78. The van der Waals surface area contributed by atoms with E-state index in [0.717, 1.165) is 36.3 Å². The van der Waals surface area contributed by atoms with Gasteiger partial charge in [0.15, 0.2) is 0 Å².